The summed E-state index contributed by atoms with van der Waals surface area (Å²) in [5, 5.41) is 16.1. The van der Waals surface area contributed by atoms with Crippen LogP contribution >= 0.6 is 0 Å². The molecule has 3 aliphatic rings. The number of allylic oxidation sites excluding steroid dienone is 1. The molecule has 15 nitrogen and oxygen atoms in total. The number of piperazine rings is 1. The van der Waals surface area contributed by atoms with Crippen LogP contribution in [0.15, 0.2) is 89.6 Å². The predicted octanol–water partition coefficient (Wildman–Crippen LogP) is 9.80. The summed E-state index contributed by atoms with van der Waals surface area (Å²) in [5.74, 6) is -0.531. The Kier molecular flexibility index (Phi) is 14.3. The number of halogens is 3. The Morgan fingerprint density at radius 2 is 1.73 bits per heavy atom. The Labute approximate surface area is 405 Å². The van der Waals surface area contributed by atoms with E-state index >= 15 is 0 Å². The fourth-order valence-corrected chi connectivity index (χ4v) is 10.7. The van der Waals surface area contributed by atoms with Crippen LogP contribution < -0.4 is 19.7 Å². The fraction of sp³-hybridized carbons (Fsp3) is 0.431. The summed E-state index contributed by atoms with van der Waals surface area (Å²) < 4.78 is 76.7. The van der Waals surface area contributed by atoms with Crippen LogP contribution in [0.3, 0.4) is 0 Å². The summed E-state index contributed by atoms with van der Waals surface area (Å²) in [6, 6.07) is 15.9. The molecule has 372 valence electrons. The van der Waals surface area contributed by atoms with Crippen LogP contribution in [0.5, 0.6) is 11.5 Å². The highest BCUT2D eigenvalue weighted by Gasteiger charge is 2.34. The summed E-state index contributed by atoms with van der Waals surface area (Å²) in [7, 11) is -4.64. The van der Waals surface area contributed by atoms with Gasteiger partial charge in [-0.25, -0.2) is 18.1 Å². The molecule has 70 heavy (non-hydrogen) atoms. The van der Waals surface area contributed by atoms with E-state index in [1.165, 1.54) is 42.1 Å². The zero-order valence-electron chi connectivity index (χ0n) is 40.0. The molecule has 0 bridgehead atoms. The lowest BCUT2D eigenvalue weighted by molar-refractivity contribution is -0.384. The first-order valence-corrected chi connectivity index (χ1v) is 25.1. The Morgan fingerprint density at radius 1 is 0.986 bits per heavy atom. The van der Waals surface area contributed by atoms with Gasteiger partial charge in [-0.2, -0.15) is 13.2 Å². The number of sulfonamides is 1. The number of aromatic amines is 1. The van der Waals surface area contributed by atoms with Crippen molar-refractivity contribution in [3.8, 4) is 11.5 Å². The lowest BCUT2D eigenvalue weighted by Crippen LogP contribution is -2.47. The van der Waals surface area contributed by atoms with E-state index < -0.39 is 43.2 Å². The van der Waals surface area contributed by atoms with Gasteiger partial charge in [0.25, 0.3) is 21.6 Å². The van der Waals surface area contributed by atoms with E-state index in [0.717, 1.165) is 60.4 Å². The monoisotopic (exact) mass is 984 g/mol. The third-order valence-corrected chi connectivity index (χ3v) is 15.1. The highest BCUT2D eigenvalue weighted by atomic mass is 32.2. The number of pyridine rings is 1. The number of carbonyl (C=O) groups excluding carboxylic acids is 2. The van der Waals surface area contributed by atoms with E-state index in [-0.39, 0.29) is 40.2 Å². The first kappa shape index (κ1) is 49.9. The van der Waals surface area contributed by atoms with Gasteiger partial charge >= 0.3 is 6.18 Å². The number of H-pyrrole nitrogens is 1. The zero-order valence-corrected chi connectivity index (χ0v) is 40.8. The molecule has 0 atom stereocenters. The zero-order chi connectivity index (χ0) is 50.1. The van der Waals surface area contributed by atoms with Crippen molar-refractivity contribution in [1.29, 1.82) is 0 Å². The molecule has 2 aromatic heterocycles. The summed E-state index contributed by atoms with van der Waals surface area (Å²) >= 11 is 0. The first-order chi connectivity index (χ1) is 33.1. The third-order valence-electron chi connectivity index (χ3n) is 13.7. The van der Waals surface area contributed by atoms with Crippen molar-refractivity contribution in [2.45, 2.75) is 77.8 Å². The minimum Gasteiger partial charge on any atom is -0.455 e. The molecular weight excluding hydrogens is 926 g/mol. The number of aryl methyl sites for hydroxylation is 1. The number of rotatable bonds is 14. The number of hydrogen-bond donors (Lipinski definition) is 3. The Morgan fingerprint density at radius 3 is 2.41 bits per heavy atom. The minimum absolute atomic E-state index is 0.00405. The van der Waals surface area contributed by atoms with E-state index in [4.69, 9.17) is 4.74 Å². The van der Waals surface area contributed by atoms with Crippen molar-refractivity contribution in [1.82, 2.24) is 24.5 Å². The number of alkyl halides is 3. The lowest BCUT2D eigenvalue weighted by Gasteiger charge is -2.39. The molecule has 0 saturated carbocycles. The summed E-state index contributed by atoms with van der Waals surface area (Å²) in [4.78, 5) is 51.3. The molecule has 19 heteroatoms. The number of carbonyl (C=O) groups is 2. The van der Waals surface area contributed by atoms with Crippen LogP contribution in [-0.2, 0) is 21.0 Å². The first-order valence-electron chi connectivity index (χ1n) is 23.6. The molecule has 0 spiro atoms. The summed E-state index contributed by atoms with van der Waals surface area (Å²) in [6.07, 6.45) is 2.80. The lowest BCUT2D eigenvalue weighted by atomic mass is 9.72. The van der Waals surface area contributed by atoms with Gasteiger partial charge in [-0.05, 0) is 116 Å². The van der Waals surface area contributed by atoms with Crippen molar-refractivity contribution < 1.29 is 40.8 Å². The highest BCUT2D eigenvalue weighted by Crippen LogP contribution is 2.45. The maximum atomic E-state index is 14.0. The number of nitro groups is 1. The van der Waals surface area contributed by atoms with Crippen LogP contribution in [0, 0.1) is 34.3 Å². The number of benzene rings is 3. The van der Waals surface area contributed by atoms with Crippen molar-refractivity contribution in [3.05, 3.63) is 117 Å². The minimum atomic E-state index is -4.64. The quantitative estimate of drug-likeness (QED) is 0.0711. The molecule has 0 radical (unpaired) electrons. The van der Waals surface area contributed by atoms with Gasteiger partial charge < -0.3 is 24.8 Å². The molecule has 8 rings (SSSR count). The Balaban J connectivity index is 0.980. The number of amides is 2. The summed E-state index contributed by atoms with van der Waals surface area (Å²) in [6.45, 7) is 14.7. The maximum Gasteiger partial charge on any atom is 0.416 e. The van der Waals surface area contributed by atoms with Crippen LogP contribution in [0.25, 0.3) is 16.6 Å². The van der Waals surface area contributed by atoms with Crippen molar-refractivity contribution in [2.24, 2.45) is 17.3 Å². The van der Waals surface area contributed by atoms with Crippen LogP contribution in [-0.4, -0.2) is 97.3 Å². The second-order valence-corrected chi connectivity index (χ2v) is 21.4. The average Bonchev–Trinajstić information content (AvgIpc) is 3.79. The second-order valence-electron chi connectivity index (χ2n) is 19.8. The van der Waals surface area contributed by atoms with Gasteiger partial charge in [-0.1, -0.05) is 39.3 Å². The largest absolute Gasteiger partial charge is 0.455 e. The fourth-order valence-electron chi connectivity index (χ4n) is 9.68. The molecule has 3 N–H and O–H groups in total. The van der Waals surface area contributed by atoms with E-state index in [0.29, 0.717) is 69.3 Å². The van der Waals surface area contributed by atoms with E-state index in [2.05, 4.69) is 43.7 Å². The maximum absolute atomic E-state index is 14.0. The van der Waals surface area contributed by atoms with E-state index in [1.807, 2.05) is 24.8 Å². The molecule has 2 aliphatic heterocycles. The van der Waals surface area contributed by atoms with Crippen molar-refractivity contribution in [3.63, 3.8) is 0 Å². The van der Waals surface area contributed by atoms with Gasteiger partial charge in [0, 0.05) is 87.7 Å². The molecule has 5 aromatic rings. The highest BCUT2D eigenvalue weighted by molar-refractivity contribution is 7.90. The Bertz CT molecular complexity index is 2940. The average molecular weight is 985 g/mol. The number of ether oxygens (including phenoxy) is 1. The number of aromatic nitrogens is 2. The van der Waals surface area contributed by atoms with Gasteiger partial charge in [0.05, 0.1) is 27.1 Å². The molecule has 2 amide bonds. The van der Waals surface area contributed by atoms with Gasteiger partial charge in [0.1, 0.15) is 22.8 Å². The molecule has 1 aliphatic carbocycles. The number of likely N-dealkylation sites (tertiary alicyclic amines) is 1. The number of nitrogens with one attached hydrogen (secondary N) is 3. The number of fused-ring (bicyclic) bond motifs is 1. The number of nitro benzene ring substituents is 1. The molecular formula is C51H59F3N8O7S. The molecule has 2 saturated heterocycles. The standard InChI is InChI=1S/C51H59F3N8O7S/c1-32(2)49(64)61-18-14-34(15-19-61)29-56-44-11-8-40(27-45(44)62(65)66)70(67,68)58-48(63)42-10-7-38(26-46(42)69-39-25-35-13-17-55-47(35)57-30-39)60-22-20-59(21-23-60)31-36-12-16-50(4,5)28-43(36)41-9-6-37(24-33(41)3)51(52,53)54/h6-11,13,17,24-27,30,32,34,56H,12,14-16,18-23,28-29,31H2,1-5H3,(H,55,57)(H,58,63). The van der Waals surface area contributed by atoms with Gasteiger partial charge in [-0.3, -0.25) is 24.6 Å². The SMILES string of the molecule is Cc1cc(C(F)(F)F)ccc1C1=C(CN2CCN(c3ccc(C(=O)NS(=O)(=O)c4ccc(NCC5CCN(C(=O)C(C)C)CC5)c([N+](=O)[O-])c4)c(Oc4cnc5[nH]ccc5c4)c3)CC2)CCC(C)(C)C1. The molecule has 4 heterocycles. The number of nitrogens with zero attached hydrogens (tertiary/aromatic N) is 5. The molecule has 2 fully saturated rings. The third kappa shape index (κ3) is 11.4. The number of hydrogen-bond acceptors (Lipinski definition) is 11. The van der Waals surface area contributed by atoms with Gasteiger partial charge in [-0.15, -0.1) is 0 Å². The van der Waals surface area contributed by atoms with Gasteiger partial charge in [0.2, 0.25) is 5.91 Å². The Hall–Kier alpha value is -6.47. The van der Waals surface area contributed by atoms with E-state index in [9.17, 15) is 41.3 Å². The van der Waals surface area contributed by atoms with Crippen LogP contribution in [0.2, 0.25) is 0 Å². The van der Waals surface area contributed by atoms with Crippen LogP contribution in [0.4, 0.5) is 30.2 Å². The van der Waals surface area contributed by atoms with Crippen LogP contribution in [0.1, 0.15) is 86.8 Å². The van der Waals surface area contributed by atoms with Crippen molar-refractivity contribution in [2.75, 3.05) is 62.6 Å². The number of piperidine rings is 1. The topological polar surface area (TPSA) is 183 Å². The smallest absolute Gasteiger partial charge is 0.416 e. The summed E-state index contributed by atoms with van der Waals surface area (Å²) in [5.41, 5.74) is 4.05. The van der Waals surface area contributed by atoms with E-state index in [1.54, 1.807) is 37.4 Å². The molecule has 0 unspecified atom stereocenters. The number of anilines is 2. The van der Waals surface area contributed by atoms with Gasteiger partial charge in [0.15, 0.2) is 0 Å². The normalized spacial score (nSPS) is 17.3. The molecule has 3 aromatic carbocycles. The predicted molar refractivity (Wildman–Crippen MR) is 262 cm³/mol. The second kappa shape index (κ2) is 20.1. The van der Waals surface area contributed by atoms with Crippen molar-refractivity contribution >= 4 is 55.5 Å².